The third kappa shape index (κ3) is 3.17. The summed E-state index contributed by atoms with van der Waals surface area (Å²) in [4.78, 5) is 33.3. The molecule has 0 unspecified atom stereocenters. The topological polar surface area (TPSA) is 94.6 Å². The first-order valence-electron chi connectivity index (χ1n) is 10.6. The Labute approximate surface area is 178 Å². The Morgan fingerprint density at radius 2 is 2.06 bits per heavy atom. The summed E-state index contributed by atoms with van der Waals surface area (Å²) in [6.07, 6.45) is 7.49. The van der Waals surface area contributed by atoms with Gasteiger partial charge in [0, 0.05) is 24.9 Å². The molecule has 1 saturated carbocycles. The van der Waals surface area contributed by atoms with E-state index in [2.05, 4.69) is 20.1 Å². The Bertz CT molecular complexity index is 1270. The fourth-order valence-electron chi connectivity index (χ4n) is 4.19. The SMILES string of the molecule is C[C@@H]1c2nc(C3CC3)nn2CCN1C(=O)c1cnc2c(c1)ncn2Cc1ccccn1. The van der Waals surface area contributed by atoms with Crippen molar-refractivity contribution in [2.24, 2.45) is 0 Å². The minimum atomic E-state index is -0.126. The highest BCUT2D eigenvalue weighted by Gasteiger charge is 2.35. The van der Waals surface area contributed by atoms with Gasteiger partial charge in [0.2, 0.25) is 0 Å². The number of nitrogens with zero attached hydrogens (tertiary/aromatic N) is 8. The van der Waals surface area contributed by atoms with E-state index in [4.69, 9.17) is 4.98 Å². The number of amides is 1. The molecule has 0 N–H and O–H groups in total. The number of fused-ring (bicyclic) bond motifs is 2. The molecule has 0 bridgehead atoms. The fraction of sp³-hybridized carbons (Fsp3) is 0.364. The first-order valence-corrected chi connectivity index (χ1v) is 10.6. The zero-order valence-corrected chi connectivity index (χ0v) is 17.2. The summed E-state index contributed by atoms with van der Waals surface area (Å²) in [6.45, 7) is 3.87. The number of rotatable bonds is 4. The Morgan fingerprint density at radius 1 is 1.16 bits per heavy atom. The molecule has 9 heteroatoms. The first kappa shape index (κ1) is 18.2. The number of carbonyl (C=O) groups is 1. The smallest absolute Gasteiger partial charge is 0.256 e. The van der Waals surface area contributed by atoms with Crippen LogP contribution in [-0.2, 0) is 13.1 Å². The van der Waals surface area contributed by atoms with Crippen molar-refractivity contribution in [1.82, 2.24) is 39.2 Å². The molecular weight excluding hydrogens is 392 g/mol. The van der Waals surface area contributed by atoms with Gasteiger partial charge in [-0.15, -0.1) is 0 Å². The lowest BCUT2D eigenvalue weighted by molar-refractivity contribution is 0.0630. The molecule has 1 aliphatic carbocycles. The molecule has 1 aliphatic heterocycles. The monoisotopic (exact) mass is 414 g/mol. The van der Waals surface area contributed by atoms with E-state index in [0.717, 1.165) is 23.0 Å². The van der Waals surface area contributed by atoms with Gasteiger partial charge in [-0.25, -0.2) is 19.6 Å². The van der Waals surface area contributed by atoms with Crippen LogP contribution in [0, 0.1) is 0 Å². The molecule has 2 aliphatic rings. The van der Waals surface area contributed by atoms with Gasteiger partial charge in [0.25, 0.3) is 5.91 Å². The molecule has 4 aromatic rings. The number of aromatic nitrogens is 7. The molecule has 1 fully saturated rings. The maximum Gasteiger partial charge on any atom is 0.256 e. The number of imidazole rings is 1. The maximum absolute atomic E-state index is 13.3. The van der Waals surface area contributed by atoms with Crippen molar-refractivity contribution < 1.29 is 4.79 Å². The third-order valence-corrected chi connectivity index (χ3v) is 6.07. The van der Waals surface area contributed by atoms with E-state index in [1.54, 1.807) is 18.7 Å². The summed E-state index contributed by atoms with van der Waals surface area (Å²) in [6, 6.07) is 7.51. The zero-order valence-electron chi connectivity index (χ0n) is 17.2. The highest BCUT2D eigenvalue weighted by atomic mass is 16.2. The van der Waals surface area contributed by atoms with Gasteiger partial charge < -0.3 is 9.47 Å². The second kappa shape index (κ2) is 6.97. The van der Waals surface area contributed by atoms with Crippen molar-refractivity contribution in [3.8, 4) is 0 Å². The normalized spacial score (nSPS) is 18.4. The molecule has 4 aromatic heterocycles. The summed E-state index contributed by atoms with van der Waals surface area (Å²) in [5, 5.41) is 4.65. The van der Waals surface area contributed by atoms with Crippen LogP contribution in [0.4, 0.5) is 0 Å². The van der Waals surface area contributed by atoms with Crippen LogP contribution in [0.5, 0.6) is 0 Å². The number of hydrogen-bond donors (Lipinski definition) is 0. The predicted molar refractivity (Wildman–Crippen MR) is 112 cm³/mol. The Morgan fingerprint density at radius 3 is 2.87 bits per heavy atom. The van der Waals surface area contributed by atoms with Crippen LogP contribution in [-0.4, -0.2) is 51.6 Å². The minimum Gasteiger partial charge on any atom is -0.327 e. The average molecular weight is 414 g/mol. The highest BCUT2D eigenvalue weighted by Crippen LogP contribution is 2.39. The second-order valence-corrected chi connectivity index (χ2v) is 8.26. The van der Waals surface area contributed by atoms with Crippen LogP contribution in [0.2, 0.25) is 0 Å². The molecular formula is C22H22N8O. The van der Waals surface area contributed by atoms with Crippen molar-refractivity contribution in [3.63, 3.8) is 0 Å². The predicted octanol–water partition coefficient (Wildman–Crippen LogP) is 2.56. The van der Waals surface area contributed by atoms with Crippen LogP contribution >= 0.6 is 0 Å². The average Bonchev–Trinajstić information content (AvgIpc) is 3.43. The minimum absolute atomic E-state index is 0.0524. The maximum atomic E-state index is 13.3. The second-order valence-electron chi connectivity index (χ2n) is 8.26. The van der Waals surface area contributed by atoms with Gasteiger partial charge in [0.15, 0.2) is 11.5 Å². The summed E-state index contributed by atoms with van der Waals surface area (Å²) in [5.74, 6) is 2.25. The van der Waals surface area contributed by atoms with E-state index in [-0.39, 0.29) is 11.9 Å². The number of carbonyl (C=O) groups excluding carboxylic acids is 1. The van der Waals surface area contributed by atoms with Crippen molar-refractivity contribution >= 4 is 17.1 Å². The molecule has 1 atom stereocenters. The molecule has 6 rings (SSSR count). The van der Waals surface area contributed by atoms with Crippen molar-refractivity contribution in [2.75, 3.05) is 6.54 Å². The van der Waals surface area contributed by atoms with Gasteiger partial charge >= 0.3 is 0 Å². The van der Waals surface area contributed by atoms with Gasteiger partial charge in [-0.3, -0.25) is 9.78 Å². The Balaban J connectivity index is 1.25. The van der Waals surface area contributed by atoms with Crippen molar-refractivity contribution in [1.29, 1.82) is 0 Å². The molecule has 156 valence electrons. The number of hydrogen-bond acceptors (Lipinski definition) is 6. The van der Waals surface area contributed by atoms with E-state index in [0.29, 0.717) is 36.6 Å². The Kier molecular flexibility index (Phi) is 4.09. The lowest BCUT2D eigenvalue weighted by atomic mass is 10.1. The van der Waals surface area contributed by atoms with Crippen LogP contribution in [0.1, 0.15) is 59.4 Å². The van der Waals surface area contributed by atoms with Crippen LogP contribution < -0.4 is 0 Å². The summed E-state index contributed by atoms with van der Waals surface area (Å²) in [5.41, 5.74) is 2.91. The standard InChI is InChI=1S/C22H22N8O/c1-14-20-26-19(15-5-6-15)27-30(20)9-8-29(14)22(31)16-10-18-21(24-11-16)28(13-25-18)12-17-4-2-3-7-23-17/h2-4,7,10-11,13-15H,5-6,8-9,12H2,1H3/t14-/m1/s1. The van der Waals surface area contributed by atoms with Gasteiger partial charge in [-0.05, 0) is 38.0 Å². The van der Waals surface area contributed by atoms with Gasteiger partial charge in [-0.1, -0.05) is 6.07 Å². The van der Waals surface area contributed by atoms with E-state index >= 15 is 0 Å². The molecule has 31 heavy (non-hydrogen) atoms. The lowest BCUT2D eigenvalue weighted by Crippen LogP contribution is -2.41. The van der Waals surface area contributed by atoms with Crippen LogP contribution in [0.3, 0.4) is 0 Å². The summed E-state index contributed by atoms with van der Waals surface area (Å²) in [7, 11) is 0. The molecule has 0 saturated heterocycles. The van der Waals surface area contributed by atoms with Gasteiger partial charge in [0.1, 0.15) is 11.3 Å². The Hall–Kier alpha value is -3.62. The van der Waals surface area contributed by atoms with Gasteiger partial charge in [-0.2, -0.15) is 5.10 Å². The lowest BCUT2D eigenvalue weighted by Gasteiger charge is -2.32. The van der Waals surface area contributed by atoms with Crippen LogP contribution in [0.15, 0.2) is 43.0 Å². The van der Waals surface area contributed by atoms with E-state index in [1.165, 1.54) is 12.8 Å². The fourth-order valence-corrected chi connectivity index (χ4v) is 4.19. The van der Waals surface area contributed by atoms with Crippen LogP contribution in [0.25, 0.3) is 11.2 Å². The zero-order chi connectivity index (χ0) is 20.9. The first-order chi connectivity index (χ1) is 15.2. The molecule has 1 amide bonds. The van der Waals surface area contributed by atoms with E-state index < -0.39 is 0 Å². The van der Waals surface area contributed by atoms with Gasteiger partial charge in [0.05, 0.1) is 36.7 Å². The molecule has 0 aromatic carbocycles. The number of pyridine rings is 2. The molecule has 0 radical (unpaired) electrons. The third-order valence-electron chi connectivity index (χ3n) is 6.07. The van der Waals surface area contributed by atoms with E-state index in [1.807, 2.05) is 45.3 Å². The molecule has 9 nitrogen and oxygen atoms in total. The summed E-state index contributed by atoms with van der Waals surface area (Å²) < 4.78 is 3.90. The highest BCUT2D eigenvalue weighted by molar-refractivity contribution is 5.96. The molecule has 0 spiro atoms. The van der Waals surface area contributed by atoms with Crippen molar-refractivity contribution in [2.45, 2.75) is 44.8 Å². The van der Waals surface area contributed by atoms with E-state index in [9.17, 15) is 4.79 Å². The molecule has 5 heterocycles. The summed E-state index contributed by atoms with van der Waals surface area (Å²) >= 11 is 0. The largest absolute Gasteiger partial charge is 0.327 e. The quantitative estimate of drug-likeness (QED) is 0.509. The van der Waals surface area contributed by atoms with Crippen molar-refractivity contribution in [3.05, 3.63) is 65.9 Å².